The Morgan fingerprint density at radius 2 is 1.90 bits per heavy atom. The summed E-state index contributed by atoms with van der Waals surface area (Å²) >= 11 is 6.29. The number of hydrogen-bond donors (Lipinski definition) is 5. The van der Waals surface area contributed by atoms with Crippen LogP contribution in [0.25, 0.3) is 12.2 Å². The molecule has 1 saturated carbocycles. The van der Waals surface area contributed by atoms with Crippen LogP contribution in [0.5, 0.6) is 11.5 Å². The number of nitrogens with zero attached hydrogens (tertiary/aromatic N) is 2. The van der Waals surface area contributed by atoms with Crippen molar-refractivity contribution < 1.29 is 24.8 Å². The molecule has 1 aromatic heterocycles. The van der Waals surface area contributed by atoms with E-state index in [0.717, 1.165) is 5.56 Å². The molecule has 6 N–H and O–H groups in total. The minimum absolute atomic E-state index is 0.0301. The number of aliphatic hydroxyl groups excluding tert-OH is 3. The minimum Gasteiger partial charge on any atom is -0.493 e. The molecule has 0 aliphatic heterocycles. The maximum absolute atomic E-state index is 10.3. The summed E-state index contributed by atoms with van der Waals surface area (Å²) in [5, 5.41) is 32.9. The Bertz CT molecular complexity index is 926. The topological polar surface area (TPSA) is 143 Å². The second-order valence-corrected chi connectivity index (χ2v) is 7.35. The molecule has 1 aliphatic rings. The van der Waals surface area contributed by atoms with Crippen LogP contribution in [0.2, 0.25) is 5.15 Å². The zero-order chi connectivity index (χ0) is 21.8. The lowest BCUT2D eigenvalue weighted by Gasteiger charge is -2.20. The molecule has 1 aromatic carbocycles. The van der Waals surface area contributed by atoms with Crippen LogP contribution in [0.4, 0.5) is 11.8 Å². The number of nitrogens with two attached hydrogens (primary N) is 1. The maximum atomic E-state index is 10.3. The fraction of sp³-hybridized carbons (Fsp3) is 0.400. The third-order valence-electron chi connectivity index (χ3n) is 5.12. The van der Waals surface area contributed by atoms with E-state index in [-0.39, 0.29) is 17.7 Å². The van der Waals surface area contributed by atoms with Gasteiger partial charge < -0.3 is 35.8 Å². The smallest absolute Gasteiger partial charge is 0.223 e. The van der Waals surface area contributed by atoms with Gasteiger partial charge in [0.15, 0.2) is 11.5 Å². The van der Waals surface area contributed by atoms with Crippen LogP contribution in [0, 0.1) is 5.92 Å². The Morgan fingerprint density at radius 3 is 2.53 bits per heavy atom. The van der Waals surface area contributed by atoms with E-state index >= 15 is 0 Å². The predicted octanol–water partition coefficient (Wildman–Crippen LogP) is 1.41. The van der Waals surface area contributed by atoms with E-state index in [1.54, 1.807) is 38.5 Å². The summed E-state index contributed by atoms with van der Waals surface area (Å²) < 4.78 is 10.6. The molecule has 1 aliphatic carbocycles. The second-order valence-electron chi connectivity index (χ2n) is 6.99. The zero-order valence-electron chi connectivity index (χ0n) is 16.6. The third kappa shape index (κ3) is 4.59. The van der Waals surface area contributed by atoms with Crippen molar-refractivity contribution >= 4 is 35.5 Å². The van der Waals surface area contributed by atoms with E-state index in [1.807, 2.05) is 6.07 Å². The first-order chi connectivity index (χ1) is 14.4. The summed E-state index contributed by atoms with van der Waals surface area (Å²) in [6, 6.07) is 4.90. The fourth-order valence-electron chi connectivity index (χ4n) is 3.48. The van der Waals surface area contributed by atoms with Gasteiger partial charge in [-0.05, 0) is 30.2 Å². The molecular weight excluding hydrogens is 412 g/mol. The normalized spacial score (nSPS) is 23.7. The lowest BCUT2D eigenvalue weighted by Crippen LogP contribution is -2.35. The number of aliphatic hydroxyl groups is 3. The molecule has 0 saturated heterocycles. The molecule has 10 heteroatoms. The van der Waals surface area contributed by atoms with E-state index < -0.39 is 24.2 Å². The molecule has 2 aromatic rings. The standard InChI is InChI=1S/C20H25ClN4O5/c1-29-14-6-4-10(7-15(14)30-2)3-5-12-18(21)24-20(22)25-19(12)23-13-8-11(9-26)16(27)17(13)28/h3-7,11,13,16-17,26-28H,8-9H2,1-2H3,(H3,22,23,24,25)/b5-3+/t11-,13+,16-,17+/m1/s1. The van der Waals surface area contributed by atoms with Crippen molar-refractivity contribution in [2.45, 2.75) is 24.7 Å². The molecule has 0 radical (unpaired) electrons. The molecule has 9 nitrogen and oxygen atoms in total. The largest absolute Gasteiger partial charge is 0.493 e. The summed E-state index contributed by atoms with van der Waals surface area (Å²) in [5.74, 6) is 1.04. The predicted molar refractivity (Wildman–Crippen MR) is 115 cm³/mol. The minimum atomic E-state index is -1.07. The SMILES string of the molecule is COc1ccc(/C=C/c2c(Cl)nc(N)nc2N[C@H]2C[C@H](CO)[C@@H](O)[C@H]2O)cc1OC. The number of methoxy groups -OCH3 is 2. The maximum Gasteiger partial charge on any atom is 0.223 e. The summed E-state index contributed by atoms with van der Waals surface area (Å²) in [6.45, 7) is -0.227. The van der Waals surface area contributed by atoms with E-state index in [2.05, 4.69) is 15.3 Å². The molecule has 30 heavy (non-hydrogen) atoms. The van der Waals surface area contributed by atoms with E-state index in [1.165, 1.54) is 0 Å². The van der Waals surface area contributed by atoms with Crippen LogP contribution in [0.3, 0.4) is 0 Å². The molecule has 0 spiro atoms. The van der Waals surface area contributed by atoms with Crippen LogP contribution in [-0.4, -0.2) is 64.4 Å². The van der Waals surface area contributed by atoms with Crippen LogP contribution in [0.15, 0.2) is 18.2 Å². The van der Waals surface area contributed by atoms with Gasteiger partial charge >= 0.3 is 0 Å². The Morgan fingerprint density at radius 1 is 1.17 bits per heavy atom. The molecular formula is C20H25ClN4O5. The fourth-order valence-corrected chi connectivity index (χ4v) is 3.72. The van der Waals surface area contributed by atoms with Gasteiger partial charge in [-0.15, -0.1) is 0 Å². The number of nitrogens with one attached hydrogen (secondary N) is 1. The molecule has 0 amide bonds. The summed E-state index contributed by atoms with van der Waals surface area (Å²) in [5.41, 5.74) is 7.03. The highest BCUT2D eigenvalue weighted by atomic mass is 35.5. The Kier molecular flexibility index (Phi) is 6.99. The Labute approximate surface area is 179 Å². The van der Waals surface area contributed by atoms with Crippen LogP contribution >= 0.6 is 11.6 Å². The average Bonchev–Trinajstić information content (AvgIpc) is 3.00. The number of aromatic nitrogens is 2. The van der Waals surface area contributed by atoms with Gasteiger partial charge in [-0.2, -0.15) is 4.98 Å². The lowest BCUT2D eigenvalue weighted by atomic mass is 10.1. The van der Waals surface area contributed by atoms with Crippen LogP contribution in [0.1, 0.15) is 17.5 Å². The van der Waals surface area contributed by atoms with Crippen molar-refractivity contribution in [2.24, 2.45) is 5.92 Å². The van der Waals surface area contributed by atoms with Crippen molar-refractivity contribution in [3.05, 3.63) is 34.5 Å². The van der Waals surface area contributed by atoms with E-state index in [9.17, 15) is 15.3 Å². The number of hydrogen-bond acceptors (Lipinski definition) is 9. The molecule has 162 valence electrons. The molecule has 1 heterocycles. The Balaban J connectivity index is 1.89. The highest BCUT2D eigenvalue weighted by Gasteiger charge is 2.41. The van der Waals surface area contributed by atoms with Gasteiger partial charge in [0, 0.05) is 12.5 Å². The van der Waals surface area contributed by atoms with Gasteiger partial charge in [-0.1, -0.05) is 23.7 Å². The highest BCUT2D eigenvalue weighted by Crippen LogP contribution is 2.32. The molecule has 3 rings (SSSR count). The first-order valence-electron chi connectivity index (χ1n) is 9.34. The quantitative estimate of drug-likeness (QED) is 0.407. The average molecular weight is 437 g/mol. The van der Waals surface area contributed by atoms with Crippen molar-refractivity contribution in [3.63, 3.8) is 0 Å². The molecule has 0 bridgehead atoms. The van der Waals surface area contributed by atoms with Gasteiger partial charge in [-0.3, -0.25) is 0 Å². The van der Waals surface area contributed by atoms with Gasteiger partial charge in [-0.25, -0.2) is 4.98 Å². The van der Waals surface area contributed by atoms with Crippen molar-refractivity contribution in [1.29, 1.82) is 0 Å². The third-order valence-corrected chi connectivity index (χ3v) is 5.41. The molecule has 0 unspecified atom stereocenters. The number of benzene rings is 1. The van der Waals surface area contributed by atoms with E-state index in [0.29, 0.717) is 29.3 Å². The second kappa shape index (κ2) is 9.48. The monoisotopic (exact) mass is 436 g/mol. The van der Waals surface area contributed by atoms with Crippen molar-refractivity contribution in [2.75, 3.05) is 31.9 Å². The number of rotatable bonds is 7. The Hall–Kier alpha value is -2.59. The lowest BCUT2D eigenvalue weighted by molar-refractivity contribution is 0.00445. The number of halogens is 1. The van der Waals surface area contributed by atoms with E-state index in [4.69, 9.17) is 26.8 Å². The number of anilines is 2. The highest BCUT2D eigenvalue weighted by molar-refractivity contribution is 6.31. The van der Waals surface area contributed by atoms with Gasteiger partial charge in [0.25, 0.3) is 0 Å². The summed E-state index contributed by atoms with van der Waals surface area (Å²) in [4.78, 5) is 8.19. The van der Waals surface area contributed by atoms with Gasteiger partial charge in [0.05, 0.1) is 31.9 Å². The van der Waals surface area contributed by atoms with Crippen LogP contribution in [-0.2, 0) is 0 Å². The van der Waals surface area contributed by atoms with Gasteiger partial charge in [0.1, 0.15) is 17.1 Å². The summed E-state index contributed by atoms with van der Waals surface area (Å²) in [6.07, 6.45) is 1.77. The van der Waals surface area contributed by atoms with Gasteiger partial charge in [0.2, 0.25) is 5.95 Å². The van der Waals surface area contributed by atoms with Crippen molar-refractivity contribution in [1.82, 2.24) is 9.97 Å². The molecule has 4 atom stereocenters. The first kappa shape index (κ1) is 22.1. The number of ether oxygens (including phenoxy) is 2. The number of nitrogen functional groups attached to an aromatic ring is 1. The van der Waals surface area contributed by atoms with Crippen molar-refractivity contribution in [3.8, 4) is 11.5 Å². The van der Waals surface area contributed by atoms with Crippen LogP contribution < -0.4 is 20.5 Å². The summed E-state index contributed by atoms with van der Waals surface area (Å²) in [7, 11) is 3.12. The first-order valence-corrected chi connectivity index (χ1v) is 9.72. The molecule has 1 fully saturated rings. The zero-order valence-corrected chi connectivity index (χ0v) is 17.4.